The Bertz CT molecular complexity index is 3640. The van der Waals surface area contributed by atoms with Crippen LogP contribution in [0, 0.1) is 0 Å². The molecule has 13 rings (SSSR count). The summed E-state index contributed by atoms with van der Waals surface area (Å²) in [6, 6.07) is 76.1. The molecule has 5 heterocycles. The van der Waals surface area contributed by atoms with Crippen molar-refractivity contribution in [1.29, 1.82) is 0 Å². The number of hydrogen-bond donors (Lipinski definition) is 0. The van der Waals surface area contributed by atoms with Crippen molar-refractivity contribution in [3.05, 3.63) is 218 Å². The van der Waals surface area contributed by atoms with Gasteiger partial charge in [0, 0.05) is 55.8 Å². The molecule has 0 N–H and O–H groups in total. The molecular weight excluding hydrogens is 817 g/mol. The molecule has 0 atom stereocenters. The van der Waals surface area contributed by atoms with E-state index in [9.17, 15) is 0 Å². The topological polar surface area (TPSA) is 58.5 Å². The minimum absolute atomic E-state index is 0.798. The highest BCUT2D eigenvalue weighted by Crippen LogP contribution is 2.43. The van der Waals surface area contributed by atoms with Crippen molar-refractivity contribution in [2.45, 2.75) is 0 Å². The molecule has 0 fully saturated rings. The van der Waals surface area contributed by atoms with Crippen LogP contribution in [0.25, 0.3) is 86.6 Å². The van der Waals surface area contributed by atoms with E-state index in [4.69, 9.17) is 18.8 Å². The Kier molecular flexibility index (Phi) is 8.60. The van der Waals surface area contributed by atoms with Gasteiger partial charge in [-0.25, -0.2) is 9.97 Å². The van der Waals surface area contributed by atoms with Crippen molar-refractivity contribution in [2.75, 3.05) is 9.80 Å². The number of fused-ring (bicyclic) bond motifs is 9. The summed E-state index contributed by atoms with van der Waals surface area (Å²) in [4.78, 5) is 17.0. The van der Waals surface area contributed by atoms with Gasteiger partial charge in [0.15, 0.2) is 0 Å². The molecule has 0 unspecified atom stereocenters. The lowest BCUT2D eigenvalue weighted by Crippen LogP contribution is -2.11. The van der Waals surface area contributed by atoms with Crippen LogP contribution >= 0.6 is 11.3 Å². The number of furan rings is 2. The van der Waals surface area contributed by atoms with Crippen LogP contribution in [0.4, 0.5) is 34.4 Å². The molecule has 0 radical (unpaired) electrons. The number of nitrogens with zero attached hydrogens (tertiary/aromatic N) is 4. The predicted molar refractivity (Wildman–Crippen MR) is 270 cm³/mol. The van der Waals surface area contributed by atoms with Gasteiger partial charge in [0.05, 0.1) is 11.4 Å². The second kappa shape index (κ2) is 15.1. The first-order valence-electron chi connectivity index (χ1n) is 21.6. The monoisotopic (exact) mass is 852 g/mol. The Hall–Kier alpha value is -8.52. The third-order valence-electron chi connectivity index (χ3n) is 12.3. The number of para-hydroxylation sites is 2. The third-order valence-corrected chi connectivity index (χ3v) is 13.3. The van der Waals surface area contributed by atoms with Crippen LogP contribution in [0.3, 0.4) is 0 Å². The molecular formula is C58H36N4O2S. The van der Waals surface area contributed by atoms with E-state index in [2.05, 4.69) is 192 Å². The van der Waals surface area contributed by atoms with Crippen molar-refractivity contribution in [3.63, 3.8) is 0 Å². The van der Waals surface area contributed by atoms with Crippen molar-refractivity contribution in [1.82, 2.24) is 9.97 Å². The standard InChI is InChI=1S/C58H36N4O2S/c1-3-11-37(12-4-1)39-19-23-41(24-20-39)61(43-27-29-47-45-15-7-9-17-51(45)63-53(47)35-43)55-33-31-49-50-32-34-56(60-58(50)65-57(49)59-55)62(42-25-21-40(22-26-42)38-13-5-2-6-14-38)44-28-30-48-46-16-8-10-18-52(46)64-54(48)36-44/h1-36H. The fourth-order valence-corrected chi connectivity index (χ4v) is 10.2. The van der Waals surface area contributed by atoms with E-state index in [0.717, 1.165) is 110 Å². The Balaban J connectivity index is 0.929. The van der Waals surface area contributed by atoms with Gasteiger partial charge in [0.25, 0.3) is 0 Å². The van der Waals surface area contributed by atoms with Crippen LogP contribution in [0.15, 0.2) is 227 Å². The number of aromatic nitrogens is 2. The maximum Gasteiger partial charge on any atom is 0.139 e. The van der Waals surface area contributed by atoms with E-state index in [1.807, 2.05) is 36.4 Å². The smallest absolute Gasteiger partial charge is 0.139 e. The molecule has 6 nitrogen and oxygen atoms in total. The lowest BCUT2D eigenvalue weighted by Gasteiger charge is -2.24. The zero-order valence-electron chi connectivity index (χ0n) is 34.8. The maximum atomic E-state index is 6.39. The Morgan fingerprint density at radius 3 is 1.09 bits per heavy atom. The van der Waals surface area contributed by atoms with Crippen molar-refractivity contribution in [2.24, 2.45) is 0 Å². The van der Waals surface area contributed by atoms with Gasteiger partial charge < -0.3 is 8.83 Å². The molecule has 8 aromatic carbocycles. The van der Waals surface area contributed by atoms with Crippen LogP contribution < -0.4 is 9.80 Å². The molecule has 0 aliphatic heterocycles. The first kappa shape index (κ1) is 37.1. The third kappa shape index (κ3) is 6.40. The van der Waals surface area contributed by atoms with E-state index in [1.54, 1.807) is 11.3 Å². The molecule has 5 aromatic heterocycles. The second-order valence-electron chi connectivity index (χ2n) is 16.2. The number of rotatable bonds is 8. The molecule has 306 valence electrons. The number of hydrogen-bond acceptors (Lipinski definition) is 7. The lowest BCUT2D eigenvalue weighted by molar-refractivity contribution is 0.668. The SMILES string of the molecule is c1ccc(-c2ccc(N(c3ccc4c(c3)oc3ccccc34)c3ccc4c(n3)sc3nc(N(c5ccc(-c6ccccc6)cc5)c5ccc6c(c5)oc5ccccc56)ccc34)cc2)cc1. The highest BCUT2D eigenvalue weighted by molar-refractivity contribution is 7.25. The summed E-state index contributed by atoms with van der Waals surface area (Å²) in [5.41, 5.74) is 11.9. The zero-order chi connectivity index (χ0) is 42.8. The summed E-state index contributed by atoms with van der Waals surface area (Å²) >= 11 is 1.60. The second-order valence-corrected chi connectivity index (χ2v) is 17.2. The minimum Gasteiger partial charge on any atom is -0.456 e. The van der Waals surface area contributed by atoms with Crippen LogP contribution in [0.2, 0.25) is 0 Å². The molecule has 65 heavy (non-hydrogen) atoms. The molecule has 0 bridgehead atoms. The number of anilines is 6. The van der Waals surface area contributed by atoms with Gasteiger partial charge in [0.2, 0.25) is 0 Å². The normalized spacial score (nSPS) is 11.7. The maximum absolute atomic E-state index is 6.39. The summed E-state index contributed by atoms with van der Waals surface area (Å²) in [5.74, 6) is 1.60. The number of pyridine rings is 2. The number of benzene rings is 8. The largest absolute Gasteiger partial charge is 0.456 e. The predicted octanol–water partition coefficient (Wildman–Crippen LogP) is 16.9. The average Bonchev–Trinajstić information content (AvgIpc) is 4.05. The van der Waals surface area contributed by atoms with E-state index in [1.165, 1.54) is 11.1 Å². The van der Waals surface area contributed by atoms with E-state index < -0.39 is 0 Å². The first-order chi connectivity index (χ1) is 32.2. The average molecular weight is 853 g/mol. The summed E-state index contributed by atoms with van der Waals surface area (Å²) in [6.45, 7) is 0. The van der Waals surface area contributed by atoms with Gasteiger partial charge in [-0.15, -0.1) is 0 Å². The summed E-state index contributed by atoms with van der Waals surface area (Å²) in [5, 5.41) is 6.48. The molecule has 0 amide bonds. The first-order valence-corrected chi connectivity index (χ1v) is 22.4. The molecule has 0 saturated carbocycles. The Morgan fingerprint density at radius 1 is 0.292 bits per heavy atom. The Morgan fingerprint density at radius 2 is 0.646 bits per heavy atom. The molecule has 0 aliphatic carbocycles. The van der Waals surface area contributed by atoms with Gasteiger partial charge in [0.1, 0.15) is 43.6 Å². The summed E-state index contributed by atoms with van der Waals surface area (Å²) in [6.07, 6.45) is 0. The van der Waals surface area contributed by atoms with E-state index in [0.29, 0.717) is 0 Å². The van der Waals surface area contributed by atoms with Gasteiger partial charge in [-0.1, -0.05) is 133 Å². The zero-order valence-corrected chi connectivity index (χ0v) is 35.6. The van der Waals surface area contributed by atoms with Gasteiger partial charge in [-0.3, -0.25) is 9.80 Å². The summed E-state index contributed by atoms with van der Waals surface area (Å²) in [7, 11) is 0. The van der Waals surface area contributed by atoms with E-state index in [-0.39, 0.29) is 0 Å². The summed E-state index contributed by atoms with van der Waals surface area (Å²) < 4.78 is 12.8. The number of thiophene rings is 1. The van der Waals surface area contributed by atoms with Crippen molar-refractivity contribution in [3.8, 4) is 22.3 Å². The van der Waals surface area contributed by atoms with Crippen molar-refractivity contribution >= 4 is 110 Å². The van der Waals surface area contributed by atoms with Gasteiger partial charge >= 0.3 is 0 Å². The minimum atomic E-state index is 0.798. The van der Waals surface area contributed by atoms with E-state index >= 15 is 0 Å². The van der Waals surface area contributed by atoms with Crippen LogP contribution in [-0.2, 0) is 0 Å². The molecule has 0 aliphatic rings. The fourth-order valence-electron chi connectivity index (χ4n) is 9.17. The van der Waals surface area contributed by atoms with Gasteiger partial charge in [-0.2, -0.15) is 0 Å². The lowest BCUT2D eigenvalue weighted by atomic mass is 10.0. The Labute approximate surface area is 377 Å². The quantitative estimate of drug-likeness (QED) is 0.152. The van der Waals surface area contributed by atoms with Crippen molar-refractivity contribution < 1.29 is 8.83 Å². The van der Waals surface area contributed by atoms with Crippen LogP contribution in [0.5, 0.6) is 0 Å². The highest BCUT2D eigenvalue weighted by Gasteiger charge is 2.21. The fraction of sp³-hybridized carbons (Fsp3) is 0. The molecule has 7 heteroatoms. The molecule has 13 aromatic rings. The van der Waals surface area contributed by atoms with Crippen LogP contribution in [-0.4, -0.2) is 9.97 Å². The highest BCUT2D eigenvalue weighted by atomic mass is 32.1. The molecule has 0 spiro atoms. The molecule has 0 saturated heterocycles. The van der Waals surface area contributed by atoms with Crippen LogP contribution in [0.1, 0.15) is 0 Å². The van der Waals surface area contributed by atoms with Gasteiger partial charge in [-0.05, 0) is 107 Å².